The zero-order valence-electron chi connectivity index (χ0n) is 11.6. The number of nitrogens with one attached hydrogen (secondary N) is 1. The topological polar surface area (TPSA) is 82.8 Å². The highest BCUT2D eigenvalue weighted by molar-refractivity contribution is 5.88. The number of amides is 1. The van der Waals surface area contributed by atoms with E-state index in [1.54, 1.807) is 6.92 Å². The molecule has 0 spiro atoms. The van der Waals surface area contributed by atoms with Crippen LogP contribution in [0, 0.1) is 0 Å². The van der Waals surface area contributed by atoms with E-state index in [1.807, 2.05) is 4.90 Å². The van der Waals surface area contributed by atoms with Crippen molar-refractivity contribution in [1.29, 1.82) is 0 Å². The second-order valence-corrected chi connectivity index (χ2v) is 5.05. The number of carboxylic acids is 1. The molecule has 110 valence electrons. The highest BCUT2D eigenvalue weighted by Gasteiger charge is 2.22. The molecule has 2 N–H and O–H groups in total. The number of carboxylic acid groups (broad SMARTS) is 1. The molecule has 1 atom stereocenters. The fraction of sp³-hybridized carbons (Fsp3) is 0.571. The second kappa shape index (κ2) is 6.56. The summed E-state index contributed by atoms with van der Waals surface area (Å²) in [6.07, 6.45) is 4.64. The predicted molar refractivity (Wildman–Crippen MR) is 72.4 cm³/mol. The smallest absolute Gasteiger partial charge is 0.339 e. The zero-order chi connectivity index (χ0) is 14.5. The Bertz CT molecular complexity index is 477. The van der Waals surface area contributed by atoms with Crippen LogP contribution in [0.1, 0.15) is 42.3 Å². The Morgan fingerprint density at radius 1 is 1.40 bits per heavy atom. The van der Waals surface area contributed by atoms with Crippen LogP contribution in [0.2, 0.25) is 0 Å². The minimum Gasteiger partial charge on any atom is -0.478 e. The van der Waals surface area contributed by atoms with Crippen LogP contribution in [0.4, 0.5) is 0 Å². The van der Waals surface area contributed by atoms with Gasteiger partial charge in [-0.25, -0.2) is 4.79 Å². The first-order chi connectivity index (χ1) is 9.59. The third kappa shape index (κ3) is 3.39. The van der Waals surface area contributed by atoms with Crippen molar-refractivity contribution in [3.8, 4) is 0 Å². The summed E-state index contributed by atoms with van der Waals surface area (Å²) in [6.45, 7) is 3.65. The quantitative estimate of drug-likeness (QED) is 0.853. The highest BCUT2D eigenvalue weighted by atomic mass is 16.4. The summed E-state index contributed by atoms with van der Waals surface area (Å²) in [7, 11) is 0. The SMILES string of the molecule is CC(NCc1occc1C(=O)O)C(=O)N1CCCCC1. The van der Waals surface area contributed by atoms with Gasteiger partial charge in [-0.15, -0.1) is 0 Å². The average Bonchev–Trinajstić information content (AvgIpc) is 2.93. The number of hydrogen-bond donors (Lipinski definition) is 2. The Morgan fingerprint density at radius 3 is 2.75 bits per heavy atom. The number of aromatic carboxylic acids is 1. The Hall–Kier alpha value is -1.82. The summed E-state index contributed by atoms with van der Waals surface area (Å²) in [6, 6.07) is 1.07. The van der Waals surface area contributed by atoms with E-state index >= 15 is 0 Å². The van der Waals surface area contributed by atoms with Crippen LogP contribution < -0.4 is 5.32 Å². The van der Waals surface area contributed by atoms with Crippen molar-refractivity contribution in [1.82, 2.24) is 10.2 Å². The van der Waals surface area contributed by atoms with Crippen LogP contribution >= 0.6 is 0 Å². The van der Waals surface area contributed by atoms with Crippen LogP contribution in [0.15, 0.2) is 16.7 Å². The lowest BCUT2D eigenvalue weighted by Gasteiger charge is -2.29. The van der Waals surface area contributed by atoms with E-state index in [9.17, 15) is 9.59 Å². The first-order valence-corrected chi connectivity index (χ1v) is 6.91. The van der Waals surface area contributed by atoms with Crippen molar-refractivity contribution < 1.29 is 19.1 Å². The van der Waals surface area contributed by atoms with E-state index in [2.05, 4.69) is 5.32 Å². The molecule has 1 aliphatic heterocycles. The monoisotopic (exact) mass is 280 g/mol. The van der Waals surface area contributed by atoms with Gasteiger partial charge in [0.15, 0.2) is 0 Å². The maximum Gasteiger partial charge on any atom is 0.339 e. The molecule has 2 rings (SSSR count). The molecule has 1 amide bonds. The summed E-state index contributed by atoms with van der Waals surface area (Å²) in [5, 5.41) is 12.0. The standard InChI is InChI=1S/C14H20N2O4/c1-10(13(17)16-6-3-2-4-7-16)15-9-12-11(14(18)19)5-8-20-12/h5,8,10,15H,2-4,6-7,9H2,1H3,(H,18,19). The maximum absolute atomic E-state index is 12.2. The first kappa shape index (κ1) is 14.6. The second-order valence-electron chi connectivity index (χ2n) is 5.05. The Labute approximate surface area is 117 Å². The minimum absolute atomic E-state index is 0.0631. The minimum atomic E-state index is -1.02. The summed E-state index contributed by atoms with van der Waals surface area (Å²) < 4.78 is 5.13. The van der Waals surface area contributed by atoms with E-state index in [1.165, 1.54) is 18.8 Å². The Kier molecular flexibility index (Phi) is 4.79. The van der Waals surface area contributed by atoms with E-state index < -0.39 is 5.97 Å². The molecule has 1 fully saturated rings. The van der Waals surface area contributed by atoms with Gasteiger partial charge in [-0.05, 0) is 32.3 Å². The number of piperidine rings is 1. The van der Waals surface area contributed by atoms with Crippen molar-refractivity contribution >= 4 is 11.9 Å². The van der Waals surface area contributed by atoms with E-state index in [0.717, 1.165) is 25.9 Å². The lowest BCUT2D eigenvalue weighted by molar-refractivity contribution is -0.134. The first-order valence-electron chi connectivity index (χ1n) is 6.91. The normalized spacial score (nSPS) is 16.9. The van der Waals surface area contributed by atoms with Gasteiger partial charge in [0.25, 0.3) is 0 Å². The maximum atomic E-state index is 12.2. The molecule has 6 heteroatoms. The average molecular weight is 280 g/mol. The lowest BCUT2D eigenvalue weighted by Crippen LogP contribution is -2.46. The molecule has 6 nitrogen and oxygen atoms in total. The molecule has 1 aliphatic rings. The van der Waals surface area contributed by atoms with Crippen LogP contribution in [0.3, 0.4) is 0 Å². The molecule has 2 heterocycles. The molecule has 0 radical (unpaired) electrons. The van der Waals surface area contributed by atoms with Crippen LogP contribution in [-0.2, 0) is 11.3 Å². The Morgan fingerprint density at radius 2 is 2.10 bits per heavy atom. The van der Waals surface area contributed by atoms with Crippen LogP contribution in [0.25, 0.3) is 0 Å². The number of likely N-dealkylation sites (tertiary alicyclic amines) is 1. The fourth-order valence-corrected chi connectivity index (χ4v) is 2.39. The van der Waals surface area contributed by atoms with Gasteiger partial charge in [-0.2, -0.15) is 0 Å². The fourth-order valence-electron chi connectivity index (χ4n) is 2.39. The van der Waals surface area contributed by atoms with Crippen molar-refractivity contribution in [2.45, 2.75) is 38.8 Å². The number of hydrogen-bond acceptors (Lipinski definition) is 4. The third-order valence-electron chi connectivity index (χ3n) is 3.58. The predicted octanol–water partition coefficient (Wildman–Crippen LogP) is 1.47. The van der Waals surface area contributed by atoms with Crippen molar-refractivity contribution in [3.05, 3.63) is 23.7 Å². The highest BCUT2D eigenvalue weighted by Crippen LogP contribution is 2.12. The summed E-state index contributed by atoms with van der Waals surface area (Å²) in [5.74, 6) is -0.616. The number of carbonyl (C=O) groups excluding carboxylic acids is 1. The van der Waals surface area contributed by atoms with E-state index in [-0.39, 0.29) is 24.1 Å². The summed E-state index contributed by atoms with van der Waals surface area (Å²) >= 11 is 0. The van der Waals surface area contributed by atoms with E-state index in [4.69, 9.17) is 9.52 Å². The van der Waals surface area contributed by atoms with Gasteiger partial charge in [0.05, 0.1) is 18.8 Å². The van der Waals surface area contributed by atoms with Crippen molar-refractivity contribution in [2.24, 2.45) is 0 Å². The molecule has 20 heavy (non-hydrogen) atoms. The third-order valence-corrected chi connectivity index (χ3v) is 3.58. The van der Waals surface area contributed by atoms with Gasteiger partial charge in [0, 0.05) is 13.1 Å². The van der Waals surface area contributed by atoms with Crippen molar-refractivity contribution in [2.75, 3.05) is 13.1 Å². The number of carbonyl (C=O) groups is 2. The van der Waals surface area contributed by atoms with Gasteiger partial charge < -0.3 is 14.4 Å². The molecular formula is C14H20N2O4. The molecule has 0 aliphatic carbocycles. The van der Waals surface area contributed by atoms with Gasteiger partial charge >= 0.3 is 5.97 Å². The van der Waals surface area contributed by atoms with Crippen molar-refractivity contribution in [3.63, 3.8) is 0 Å². The summed E-state index contributed by atoms with van der Waals surface area (Å²) in [5.41, 5.74) is 0.134. The number of rotatable bonds is 5. The largest absolute Gasteiger partial charge is 0.478 e. The molecule has 1 aromatic rings. The van der Waals surface area contributed by atoms with Crippen LogP contribution in [0.5, 0.6) is 0 Å². The summed E-state index contributed by atoms with van der Waals surface area (Å²) in [4.78, 5) is 25.0. The molecule has 0 saturated carbocycles. The lowest BCUT2D eigenvalue weighted by atomic mass is 10.1. The molecule has 0 aromatic carbocycles. The number of furan rings is 1. The van der Waals surface area contributed by atoms with Gasteiger partial charge in [-0.3, -0.25) is 10.1 Å². The molecule has 0 bridgehead atoms. The zero-order valence-corrected chi connectivity index (χ0v) is 11.6. The Balaban J connectivity index is 1.87. The van der Waals surface area contributed by atoms with Gasteiger partial charge in [0.2, 0.25) is 5.91 Å². The van der Waals surface area contributed by atoms with Gasteiger partial charge in [-0.1, -0.05) is 0 Å². The molecule has 1 unspecified atom stereocenters. The molecule has 1 saturated heterocycles. The van der Waals surface area contributed by atoms with Crippen LogP contribution in [-0.4, -0.2) is 41.0 Å². The molecule has 1 aromatic heterocycles. The van der Waals surface area contributed by atoms with Gasteiger partial charge in [0.1, 0.15) is 11.3 Å². The molecular weight excluding hydrogens is 260 g/mol. The van der Waals surface area contributed by atoms with E-state index in [0.29, 0.717) is 5.76 Å². The number of nitrogens with zero attached hydrogens (tertiary/aromatic N) is 1.